The van der Waals surface area contributed by atoms with Crippen LogP contribution in [0.3, 0.4) is 0 Å². The molecule has 0 unspecified atom stereocenters. The second-order valence-corrected chi connectivity index (χ2v) is 3.96. The molecule has 0 aliphatic heterocycles. The van der Waals surface area contributed by atoms with Gasteiger partial charge in [0.15, 0.2) is 0 Å². The Morgan fingerprint density at radius 3 is 2.86 bits per heavy atom. The maximum atomic E-state index is 6.04. The Hall–Kier alpha value is -0.800. The first kappa shape index (κ1) is 9.74. The summed E-state index contributed by atoms with van der Waals surface area (Å²) in [4.78, 5) is 0. The fourth-order valence-corrected chi connectivity index (χ4v) is 1.78. The maximum absolute atomic E-state index is 6.04. The Morgan fingerprint density at radius 2 is 2.29 bits per heavy atom. The number of nitrogens with one attached hydrogen (secondary N) is 1. The number of rotatable bonds is 3. The minimum Gasteiger partial charge on any atom is -0.309 e. The molecule has 0 aromatic carbocycles. The minimum absolute atomic E-state index is 0.575. The second kappa shape index (κ2) is 4.15. The summed E-state index contributed by atoms with van der Waals surface area (Å²) in [6, 6.07) is 0.575. The molecule has 1 aromatic rings. The van der Waals surface area contributed by atoms with E-state index in [1.54, 1.807) is 4.68 Å². The van der Waals surface area contributed by atoms with Crippen LogP contribution in [0.15, 0.2) is 18.3 Å². The molecule has 0 saturated heterocycles. The fourth-order valence-electron chi connectivity index (χ4n) is 1.62. The lowest BCUT2D eigenvalue weighted by molar-refractivity contribution is 0.538. The van der Waals surface area contributed by atoms with Crippen molar-refractivity contribution >= 4 is 11.6 Å². The van der Waals surface area contributed by atoms with Crippen LogP contribution in [0, 0.1) is 0 Å². The first-order chi connectivity index (χ1) is 6.77. The maximum Gasteiger partial charge on any atom is 0.131 e. The quantitative estimate of drug-likeness (QED) is 0.774. The normalized spacial score (nSPS) is 16.7. The lowest BCUT2D eigenvalue weighted by Gasteiger charge is -2.10. The molecule has 0 bridgehead atoms. The van der Waals surface area contributed by atoms with Crippen molar-refractivity contribution in [3.8, 4) is 0 Å². The molecule has 4 heteroatoms. The van der Waals surface area contributed by atoms with Gasteiger partial charge in [-0.15, -0.1) is 0 Å². The van der Waals surface area contributed by atoms with Gasteiger partial charge in [-0.05, 0) is 12.8 Å². The number of aromatic nitrogens is 2. The molecule has 14 heavy (non-hydrogen) atoms. The van der Waals surface area contributed by atoms with E-state index in [0.717, 1.165) is 30.1 Å². The molecule has 2 rings (SSSR count). The van der Waals surface area contributed by atoms with E-state index in [1.165, 1.54) is 0 Å². The van der Waals surface area contributed by atoms with E-state index in [4.69, 9.17) is 11.6 Å². The van der Waals surface area contributed by atoms with E-state index in [0.29, 0.717) is 6.04 Å². The van der Waals surface area contributed by atoms with Crippen molar-refractivity contribution in [2.75, 3.05) is 0 Å². The summed E-state index contributed by atoms with van der Waals surface area (Å²) in [5.41, 5.74) is 1.07. The van der Waals surface area contributed by atoms with E-state index in [-0.39, 0.29) is 0 Å². The van der Waals surface area contributed by atoms with Crippen LogP contribution in [0.1, 0.15) is 18.4 Å². The van der Waals surface area contributed by atoms with E-state index < -0.39 is 0 Å². The monoisotopic (exact) mass is 211 g/mol. The molecule has 76 valence electrons. The van der Waals surface area contributed by atoms with E-state index in [9.17, 15) is 0 Å². The molecule has 0 spiro atoms. The summed E-state index contributed by atoms with van der Waals surface area (Å²) >= 11 is 6.04. The third-order valence-corrected chi connectivity index (χ3v) is 3.01. The van der Waals surface area contributed by atoms with Crippen LogP contribution in [0.2, 0.25) is 5.15 Å². The van der Waals surface area contributed by atoms with Crippen LogP contribution in [-0.2, 0) is 13.6 Å². The van der Waals surface area contributed by atoms with Gasteiger partial charge in [0, 0.05) is 25.2 Å². The predicted octanol–water partition coefficient (Wildman–Crippen LogP) is 1.88. The first-order valence-electron chi connectivity index (χ1n) is 4.82. The summed E-state index contributed by atoms with van der Waals surface area (Å²) in [7, 11) is 1.85. The van der Waals surface area contributed by atoms with Crippen molar-refractivity contribution in [2.45, 2.75) is 25.4 Å². The molecule has 0 amide bonds. The number of hydrogen-bond donors (Lipinski definition) is 1. The Morgan fingerprint density at radius 1 is 1.57 bits per heavy atom. The van der Waals surface area contributed by atoms with Crippen LogP contribution >= 0.6 is 11.6 Å². The summed E-state index contributed by atoms with van der Waals surface area (Å²) in [5.74, 6) is 0. The zero-order valence-electron chi connectivity index (χ0n) is 8.20. The molecule has 0 atom stereocenters. The third kappa shape index (κ3) is 1.99. The Bertz CT molecular complexity index is 335. The zero-order chi connectivity index (χ0) is 9.97. The molecule has 1 aliphatic rings. The highest BCUT2D eigenvalue weighted by Gasteiger charge is 2.11. The summed E-state index contributed by atoms with van der Waals surface area (Å²) < 4.78 is 1.69. The van der Waals surface area contributed by atoms with Crippen molar-refractivity contribution in [1.29, 1.82) is 0 Å². The molecule has 1 aliphatic carbocycles. The van der Waals surface area contributed by atoms with Gasteiger partial charge in [-0.1, -0.05) is 23.8 Å². The Balaban J connectivity index is 1.88. The van der Waals surface area contributed by atoms with Crippen LogP contribution in [0.25, 0.3) is 0 Å². The van der Waals surface area contributed by atoms with Gasteiger partial charge >= 0.3 is 0 Å². The standard InChI is InChI=1S/C10H14ClN3/c1-14-10(11)8(7-13-14)6-12-9-4-2-3-5-9/h2-3,7,9,12H,4-6H2,1H3. The molecule has 1 heterocycles. The van der Waals surface area contributed by atoms with E-state index >= 15 is 0 Å². The van der Waals surface area contributed by atoms with Gasteiger partial charge < -0.3 is 5.32 Å². The molecular weight excluding hydrogens is 198 g/mol. The molecule has 1 N–H and O–H groups in total. The molecule has 0 saturated carbocycles. The molecule has 0 fully saturated rings. The van der Waals surface area contributed by atoms with Gasteiger partial charge in [0.2, 0.25) is 0 Å². The lowest BCUT2D eigenvalue weighted by atomic mass is 10.2. The Labute approximate surface area is 88.8 Å². The molecular formula is C10H14ClN3. The highest BCUT2D eigenvalue weighted by Crippen LogP contribution is 2.15. The second-order valence-electron chi connectivity index (χ2n) is 3.60. The first-order valence-corrected chi connectivity index (χ1v) is 5.20. The van der Waals surface area contributed by atoms with Crippen LogP contribution in [0.5, 0.6) is 0 Å². The van der Waals surface area contributed by atoms with Gasteiger partial charge in [-0.2, -0.15) is 5.10 Å². The van der Waals surface area contributed by atoms with Gasteiger partial charge in [0.1, 0.15) is 5.15 Å². The number of aryl methyl sites for hydroxylation is 1. The van der Waals surface area contributed by atoms with Gasteiger partial charge in [-0.3, -0.25) is 4.68 Å². The minimum atomic E-state index is 0.575. The average Bonchev–Trinajstić information content (AvgIpc) is 2.77. The fraction of sp³-hybridized carbons (Fsp3) is 0.500. The smallest absolute Gasteiger partial charge is 0.131 e. The third-order valence-electron chi connectivity index (χ3n) is 2.52. The van der Waals surface area contributed by atoms with E-state index in [2.05, 4.69) is 22.6 Å². The largest absolute Gasteiger partial charge is 0.309 e. The summed E-state index contributed by atoms with van der Waals surface area (Å²) in [6.07, 6.45) is 8.48. The number of halogens is 1. The van der Waals surface area contributed by atoms with E-state index in [1.807, 2.05) is 13.2 Å². The van der Waals surface area contributed by atoms with Crippen molar-refractivity contribution in [3.63, 3.8) is 0 Å². The van der Waals surface area contributed by atoms with Gasteiger partial charge in [-0.25, -0.2) is 0 Å². The molecule has 0 radical (unpaired) electrons. The number of nitrogens with zero attached hydrogens (tertiary/aromatic N) is 2. The zero-order valence-corrected chi connectivity index (χ0v) is 8.96. The number of hydrogen-bond acceptors (Lipinski definition) is 2. The lowest BCUT2D eigenvalue weighted by Crippen LogP contribution is -2.25. The SMILES string of the molecule is Cn1ncc(CNC2CC=CC2)c1Cl. The van der Waals surface area contributed by atoms with Crippen molar-refractivity contribution in [1.82, 2.24) is 15.1 Å². The van der Waals surface area contributed by atoms with Crippen molar-refractivity contribution < 1.29 is 0 Å². The Kier molecular flexibility index (Phi) is 2.89. The molecule has 1 aromatic heterocycles. The predicted molar refractivity (Wildman–Crippen MR) is 57.2 cm³/mol. The molecule has 3 nitrogen and oxygen atoms in total. The van der Waals surface area contributed by atoms with Gasteiger partial charge in [0.25, 0.3) is 0 Å². The van der Waals surface area contributed by atoms with Crippen molar-refractivity contribution in [2.24, 2.45) is 7.05 Å². The van der Waals surface area contributed by atoms with Crippen LogP contribution in [-0.4, -0.2) is 15.8 Å². The van der Waals surface area contributed by atoms with Crippen LogP contribution < -0.4 is 5.32 Å². The highest BCUT2D eigenvalue weighted by atomic mass is 35.5. The van der Waals surface area contributed by atoms with Crippen LogP contribution in [0.4, 0.5) is 0 Å². The highest BCUT2D eigenvalue weighted by molar-refractivity contribution is 6.30. The average molecular weight is 212 g/mol. The van der Waals surface area contributed by atoms with Gasteiger partial charge in [0.05, 0.1) is 6.20 Å². The summed E-state index contributed by atoms with van der Waals surface area (Å²) in [6.45, 7) is 0.805. The topological polar surface area (TPSA) is 29.9 Å². The van der Waals surface area contributed by atoms with Crippen molar-refractivity contribution in [3.05, 3.63) is 29.1 Å². The summed E-state index contributed by atoms with van der Waals surface area (Å²) in [5, 5.41) is 8.27.